The molecule has 1 saturated carbocycles. The third-order valence-corrected chi connectivity index (χ3v) is 4.01. The number of alkyl halides is 2. The van der Waals surface area contributed by atoms with Crippen molar-refractivity contribution in [3.8, 4) is 0 Å². The zero-order valence-corrected chi connectivity index (χ0v) is 12.1. The average molecular weight is 318 g/mol. The highest BCUT2D eigenvalue weighted by molar-refractivity contribution is 9.10. The van der Waals surface area contributed by atoms with Crippen molar-refractivity contribution in [1.82, 2.24) is 0 Å². The van der Waals surface area contributed by atoms with Crippen LogP contribution in [0.3, 0.4) is 0 Å². The van der Waals surface area contributed by atoms with Gasteiger partial charge in [-0.1, -0.05) is 15.9 Å². The molecule has 0 radical (unpaired) electrons. The standard InChI is InChI=1S/C14H18BrF2N/c1-10-7-12(15)4-5-13(10)18-9-11-3-2-6-14(16,17)8-11/h4-5,7,11,18H,2-3,6,8-9H2,1H3. The summed E-state index contributed by atoms with van der Waals surface area (Å²) in [6.45, 7) is 2.65. The van der Waals surface area contributed by atoms with Crippen LogP contribution < -0.4 is 5.32 Å². The van der Waals surface area contributed by atoms with E-state index in [9.17, 15) is 8.78 Å². The Hall–Kier alpha value is -0.640. The van der Waals surface area contributed by atoms with E-state index in [1.54, 1.807) is 0 Å². The Balaban J connectivity index is 1.91. The monoisotopic (exact) mass is 317 g/mol. The molecule has 0 heterocycles. The highest BCUT2D eigenvalue weighted by Crippen LogP contribution is 2.36. The van der Waals surface area contributed by atoms with Gasteiger partial charge in [-0.3, -0.25) is 0 Å². The van der Waals surface area contributed by atoms with E-state index < -0.39 is 5.92 Å². The molecule has 0 saturated heterocycles. The SMILES string of the molecule is Cc1cc(Br)ccc1NCC1CCCC(F)(F)C1. The molecule has 1 unspecified atom stereocenters. The lowest BCUT2D eigenvalue weighted by Crippen LogP contribution is -2.29. The summed E-state index contributed by atoms with van der Waals surface area (Å²) in [6.07, 6.45) is 1.62. The Morgan fingerprint density at radius 3 is 2.89 bits per heavy atom. The maximum atomic E-state index is 13.3. The minimum atomic E-state index is -2.46. The minimum absolute atomic E-state index is 0.0234. The first-order valence-corrected chi connectivity index (χ1v) is 7.13. The van der Waals surface area contributed by atoms with E-state index in [-0.39, 0.29) is 18.8 Å². The zero-order valence-electron chi connectivity index (χ0n) is 10.5. The van der Waals surface area contributed by atoms with Gasteiger partial charge >= 0.3 is 0 Å². The van der Waals surface area contributed by atoms with Gasteiger partial charge in [0.05, 0.1) is 0 Å². The molecule has 0 spiro atoms. The van der Waals surface area contributed by atoms with E-state index in [2.05, 4.69) is 21.2 Å². The molecule has 2 rings (SSSR count). The van der Waals surface area contributed by atoms with Crippen molar-refractivity contribution < 1.29 is 8.78 Å². The fourth-order valence-corrected chi connectivity index (χ4v) is 3.01. The van der Waals surface area contributed by atoms with Crippen molar-refractivity contribution in [2.45, 2.75) is 38.5 Å². The highest BCUT2D eigenvalue weighted by Gasteiger charge is 2.35. The summed E-state index contributed by atoms with van der Waals surface area (Å²) in [5.41, 5.74) is 2.17. The first-order valence-electron chi connectivity index (χ1n) is 6.34. The van der Waals surface area contributed by atoms with E-state index in [0.717, 1.165) is 22.1 Å². The maximum Gasteiger partial charge on any atom is 0.248 e. The van der Waals surface area contributed by atoms with Crippen molar-refractivity contribution in [3.05, 3.63) is 28.2 Å². The van der Waals surface area contributed by atoms with Crippen LogP contribution in [-0.4, -0.2) is 12.5 Å². The van der Waals surface area contributed by atoms with Gasteiger partial charge in [0.2, 0.25) is 5.92 Å². The molecule has 0 bridgehead atoms. The molecular formula is C14H18BrF2N. The normalized spacial score (nSPS) is 22.8. The summed E-state index contributed by atoms with van der Waals surface area (Å²) in [7, 11) is 0. The molecule has 0 aliphatic heterocycles. The molecule has 0 amide bonds. The Morgan fingerprint density at radius 2 is 2.22 bits per heavy atom. The number of rotatable bonds is 3. The van der Waals surface area contributed by atoms with Crippen LogP contribution in [0.1, 0.15) is 31.2 Å². The van der Waals surface area contributed by atoms with Crippen molar-refractivity contribution >= 4 is 21.6 Å². The summed E-state index contributed by atoms with van der Waals surface area (Å²) in [5.74, 6) is -2.38. The first-order chi connectivity index (χ1) is 8.46. The molecule has 1 aliphatic carbocycles. The van der Waals surface area contributed by atoms with E-state index in [1.165, 1.54) is 0 Å². The van der Waals surface area contributed by atoms with Crippen LogP contribution in [0.25, 0.3) is 0 Å². The highest BCUT2D eigenvalue weighted by atomic mass is 79.9. The quantitative estimate of drug-likeness (QED) is 0.827. The van der Waals surface area contributed by atoms with Crippen LogP contribution >= 0.6 is 15.9 Å². The van der Waals surface area contributed by atoms with Gasteiger partial charge in [0.15, 0.2) is 0 Å². The summed E-state index contributed by atoms with van der Waals surface area (Å²) in [6, 6.07) is 5.98. The smallest absolute Gasteiger partial charge is 0.248 e. The lowest BCUT2D eigenvalue weighted by atomic mass is 9.86. The second kappa shape index (κ2) is 5.55. The first kappa shape index (κ1) is 13.8. The molecular weight excluding hydrogens is 300 g/mol. The van der Waals surface area contributed by atoms with Gasteiger partial charge in [0.25, 0.3) is 0 Å². The number of benzene rings is 1. The molecule has 18 heavy (non-hydrogen) atoms. The summed E-state index contributed by atoms with van der Waals surface area (Å²) in [4.78, 5) is 0. The van der Waals surface area contributed by atoms with E-state index >= 15 is 0 Å². The van der Waals surface area contributed by atoms with Crippen molar-refractivity contribution in [3.63, 3.8) is 0 Å². The fourth-order valence-electron chi connectivity index (χ4n) is 2.53. The molecule has 0 aromatic heterocycles. The Kier molecular flexibility index (Phi) is 4.25. The molecule has 1 aromatic rings. The topological polar surface area (TPSA) is 12.0 Å². The van der Waals surface area contributed by atoms with E-state index in [1.807, 2.05) is 25.1 Å². The minimum Gasteiger partial charge on any atom is -0.385 e. The Labute approximate surface area is 115 Å². The number of anilines is 1. The third-order valence-electron chi connectivity index (χ3n) is 3.51. The van der Waals surface area contributed by atoms with Gasteiger partial charge in [-0.2, -0.15) is 0 Å². The van der Waals surface area contributed by atoms with Crippen molar-refractivity contribution in [2.24, 2.45) is 5.92 Å². The van der Waals surface area contributed by atoms with Crippen LogP contribution in [0.15, 0.2) is 22.7 Å². The van der Waals surface area contributed by atoms with Gasteiger partial charge in [0, 0.05) is 29.5 Å². The fraction of sp³-hybridized carbons (Fsp3) is 0.571. The van der Waals surface area contributed by atoms with Crippen LogP contribution in [0.5, 0.6) is 0 Å². The molecule has 1 aromatic carbocycles. The second-order valence-corrected chi connectivity index (χ2v) is 6.07. The summed E-state index contributed by atoms with van der Waals surface area (Å²) in [5, 5.41) is 3.29. The molecule has 1 nitrogen and oxygen atoms in total. The summed E-state index contributed by atoms with van der Waals surface area (Å²) >= 11 is 3.41. The lowest BCUT2D eigenvalue weighted by Gasteiger charge is -2.29. The number of halogens is 3. The predicted octanol–water partition coefficient (Wildman–Crippen LogP) is 4.99. The predicted molar refractivity (Wildman–Crippen MR) is 74.3 cm³/mol. The molecule has 4 heteroatoms. The largest absolute Gasteiger partial charge is 0.385 e. The van der Waals surface area contributed by atoms with Gasteiger partial charge in [-0.15, -0.1) is 0 Å². The van der Waals surface area contributed by atoms with Crippen LogP contribution in [-0.2, 0) is 0 Å². The van der Waals surface area contributed by atoms with Gasteiger partial charge in [-0.25, -0.2) is 8.78 Å². The van der Waals surface area contributed by atoms with Gasteiger partial charge in [0.1, 0.15) is 0 Å². The van der Waals surface area contributed by atoms with Crippen molar-refractivity contribution in [2.75, 3.05) is 11.9 Å². The number of hydrogen-bond acceptors (Lipinski definition) is 1. The second-order valence-electron chi connectivity index (χ2n) is 5.16. The van der Waals surface area contributed by atoms with Gasteiger partial charge < -0.3 is 5.32 Å². The molecule has 1 aliphatic rings. The zero-order chi connectivity index (χ0) is 13.2. The molecule has 1 atom stereocenters. The van der Waals surface area contributed by atoms with Gasteiger partial charge in [-0.05, 0) is 49.4 Å². The maximum absolute atomic E-state index is 13.3. The van der Waals surface area contributed by atoms with Crippen LogP contribution in [0.4, 0.5) is 14.5 Å². The molecule has 1 fully saturated rings. The average Bonchev–Trinajstić information content (AvgIpc) is 2.26. The molecule has 1 N–H and O–H groups in total. The molecule has 100 valence electrons. The van der Waals surface area contributed by atoms with E-state index in [4.69, 9.17) is 0 Å². The Morgan fingerprint density at radius 1 is 1.44 bits per heavy atom. The number of hydrogen-bond donors (Lipinski definition) is 1. The number of nitrogens with one attached hydrogen (secondary N) is 1. The lowest BCUT2D eigenvalue weighted by molar-refractivity contribution is -0.0502. The van der Waals surface area contributed by atoms with Crippen LogP contribution in [0, 0.1) is 12.8 Å². The number of aryl methyl sites for hydroxylation is 1. The van der Waals surface area contributed by atoms with Crippen LogP contribution in [0.2, 0.25) is 0 Å². The third kappa shape index (κ3) is 3.67. The van der Waals surface area contributed by atoms with E-state index in [0.29, 0.717) is 13.0 Å². The summed E-state index contributed by atoms with van der Waals surface area (Å²) < 4.78 is 27.6. The van der Waals surface area contributed by atoms with Crippen molar-refractivity contribution in [1.29, 1.82) is 0 Å². The Bertz CT molecular complexity index is 420.